The predicted molar refractivity (Wildman–Crippen MR) is 98.8 cm³/mol. The number of carboxylic acid groups (broad SMARTS) is 1. The molecule has 29 heavy (non-hydrogen) atoms. The van der Waals surface area contributed by atoms with E-state index in [9.17, 15) is 23.5 Å². The third-order valence-corrected chi connectivity index (χ3v) is 4.37. The number of nitrogens with one attached hydrogen (secondary N) is 1. The van der Waals surface area contributed by atoms with Crippen molar-refractivity contribution in [1.82, 2.24) is 15.1 Å². The van der Waals surface area contributed by atoms with Gasteiger partial charge in [0.05, 0.1) is 12.5 Å². The van der Waals surface area contributed by atoms with Crippen molar-refractivity contribution in [2.45, 2.75) is 19.4 Å². The number of carbonyl (C=O) groups is 2. The molecule has 1 unspecified atom stereocenters. The summed E-state index contributed by atoms with van der Waals surface area (Å²) in [6.07, 6.45) is -0.490. The molecule has 150 valence electrons. The lowest BCUT2D eigenvalue weighted by atomic mass is 9.98. The highest BCUT2D eigenvalue weighted by Crippen LogP contribution is 2.25. The van der Waals surface area contributed by atoms with Gasteiger partial charge in [-0.25, -0.2) is 8.78 Å². The van der Waals surface area contributed by atoms with Crippen LogP contribution in [0.3, 0.4) is 0 Å². The van der Waals surface area contributed by atoms with Crippen LogP contribution >= 0.6 is 0 Å². The summed E-state index contributed by atoms with van der Waals surface area (Å²) in [6.45, 7) is 1.48. The van der Waals surface area contributed by atoms with Crippen LogP contribution in [0.5, 0.6) is 5.88 Å². The molecule has 0 bridgehead atoms. The second-order valence-electron chi connectivity index (χ2n) is 6.33. The molecule has 3 N–H and O–H groups in total. The van der Waals surface area contributed by atoms with Crippen LogP contribution in [0, 0.1) is 18.6 Å². The Bertz CT molecular complexity index is 1080. The van der Waals surface area contributed by atoms with Crippen molar-refractivity contribution in [3.8, 4) is 11.6 Å². The number of carbonyl (C=O) groups excluding carboxylic acids is 1. The molecule has 0 aliphatic carbocycles. The first kappa shape index (κ1) is 20.0. The molecule has 0 fully saturated rings. The summed E-state index contributed by atoms with van der Waals surface area (Å²) in [5.41, 5.74) is 0.194. The second kappa shape index (κ2) is 8.09. The highest BCUT2D eigenvalue weighted by atomic mass is 19.1. The Hall–Kier alpha value is -3.75. The Balaban J connectivity index is 1.91. The van der Waals surface area contributed by atoms with Gasteiger partial charge < -0.3 is 15.5 Å². The van der Waals surface area contributed by atoms with Gasteiger partial charge in [0.1, 0.15) is 17.3 Å². The van der Waals surface area contributed by atoms with Crippen molar-refractivity contribution in [2.24, 2.45) is 0 Å². The largest absolute Gasteiger partial charge is 0.493 e. The predicted octanol–water partition coefficient (Wildman–Crippen LogP) is 3.11. The summed E-state index contributed by atoms with van der Waals surface area (Å²) >= 11 is 0. The quantitative estimate of drug-likeness (QED) is 0.589. The number of amides is 1. The Morgan fingerprint density at radius 3 is 2.52 bits per heavy atom. The van der Waals surface area contributed by atoms with Gasteiger partial charge in [-0.15, -0.1) is 0 Å². The second-order valence-corrected chi connectivity index (χ2v) is 6.33. The Kier molecular flexibility index (Phi) is 5.58. The molecule has 0 aliphatic heterocycles. The van der Waals surface area contributed by atoms with Crippen LogP contribution in [-0.2, 0) is 4.79 Å². The van der Waals surface area contributed by atoms with Gasteiger partial charge in [-0.2, -0.15) is 9.78 Å². The van der Waals surface area contributed by atoms with Crippen LogP contribution in [0.25, 0.3) is 5.69 Å². The number of hydrogen-bond acceptors (Lipinski definition) is 4. The van der Waals surface area contributed by atoms with Crippen molar-refractivity contribution < 1.29 is 28.6 Å². The number of hydrogen-bond donors (Lipinski definition) is 3. The van der Waals surface area contributed by atoms with E-state index in [4.69, 9.17) is 5.11 Å². The Labute approximate surface area is 164 Å². The van der Waals surface area contributed by atoms with Crippen LogP contribution in [0.2, 0.25) is 0 Å². The van der Waals surface area contributed by atoms with E-state index in [0.29, 0.717) is 5.56 Å². The maximum Gasteiger partial charge on any atom is 0.305 e. The molecule has 1 heterocycles. The van der Waals surface area contributed by atoms with Gasteiger partial charge in [0.2, 0.25) is 5.88 Å². The molecule has 0 saturated carbocycles. The number of rotatable bonds is 6. The normalized spacial score (nSPS) is 11.8. The minimum absolute atomic E-state index is 0.0629. The minimum atomic E-state index is -1.20. The van der Waals surface area contributed by atoms with Crippen molar-refractivity contribution in [3.63, 3.8) is 0 Å². The maximum absolute atomic E-state index is 13.9. The lowest BCUT2D eigenvalue weighted by Crippen LogP contribution is -2.31. The summed E-state index contributed by atoms with van der Waals surface area (Å²) in [6, 6.07) is 9.69. The SMILES string of the molecule is Cc1c(F)cccc1C(CC(=O)O)NC(=O)c1cc(O)n(-c2ccccc2F)n1. The number of benzene rings is 2. The van der Waals surface area contributed by atoms with Crippen LogP contribution in [0.1, 0.15) is 34.1 Å². The molecule has 0 saturated heterocycles. The zero-order chi connectivity index (χ0) is 21.1. The molecule has 0 aliphatic rings. The van der Waals surface area contributed by atoms with Crippen LogP contribution in [0.4, 0.5) is 8.78 Å². The van der Waals surface area contributed by atoms with Crippen LogP contribution < -0.4 is 5.32 Å². The average Bonchev–Trinajstić information content (AvgIpc) is 3.05. The molecule has 1 aromatic heterocycles. The Morgan fingerprint density at radius 1 is 1.14 bits per heavy atom. The van der Waals surface area contributed by atoms with E-state index < -0.39 is 41.9 Å². The third kappa shape index (κ3) is 4.23. The van der Waals surface area contributed by atoms with Crippen molar-refractivity contribution >= 4 is 11.9 Å². The fraction of sp³-hybridized carbons (Fsp3) is 0.150. The number of nitrogens with zero attached hydrogens (tertiary/aromatic N) is 2. The van der Waals surface area contributed by atoms with Crippen LogP contribution in [0.15, 0.2) is 48.5 Å². The van der Waals surface area contributed by atoms with Gasteiger partial charge >= 0.3 is 5.97 Å². The number of aliphatic carboxylic acids is 1. The zero-order valence-electron chi connectivity index (χ0n) is 15.3. The highest BCUT2D eigenvalue weighted by Gasteiger charge is 2.24. The van der Waals surface area contributed by atoms with Gasteiger partial charge in [0.25, 0.3) is 5.91 Å². The lowest BCUT2D eigenvalue weighted by molar-refractivity contribution is -0.137. The fourth-order valence-corrected chi connectivity index (χ4v) is 2.93. The molecule has 3 rings (SSSR count). The van der Waals surface area contributed by atoms with Crippen molar-refractivity contribution in [2.75, 3.05) is 0 Å². The van der Waals surface area contributed by atoms with Gasteiger partial charge in [-0.05, 0) is 36.2 Å². The number of carboxylic acids is 1. The number of halogens is 2. The smallest absolute Gasteiger partial charge is 0.305 e. The molecule has 9 heteroatoms. The van der Waals surface area contributed by atoms with Crippen molar-refractivity contribution in [3.05, 3.63) is 77.0 Å². The van der Waals surface area contributed by atoms with E-state index in [1.165, 1.54) is 49.4 Å². The van der Waals surface area contributed by atoms with Gasteiger partial charge in [-0.1, -0.05) is 24.3 Å². The number of para-hydroxylation sites is 1. The summed E-state index contributed by atoms with van der Waals surface area (Å²) in [4.78, 5) is 23.8. The molecule has 3 aromatic rings. The molecule has 2 aromatic carbocycles. The first-order chi connectivity index (χ1) is 13.8. The number of aromatic hydroxyl groups is 1. The van der Waals surface area contributed by atoms with Crippen LogP contribution in [-0.4, -0.2) is 31.9 Å². The first-order valence-electron chi connectivity index (χ1n) is 8.59. The standard InChI is InChI=1S/C20H17F2N3O4/c1-11-12(5-4-7-13(11)21)15(10-19(27)28)23-20(29)16-9-18(26)25(24-16)17-8-3-2-6-14(17)22/h2-9,15,26H,10H2,1H3,(H,23,29)(H,27,28). The summed E-state index contributed by atoms with van der Waals surface area (Å²) in [5.74, 6) is -3.66. The maximum atomic E-state index is 13.9. The summed E-state index contributed by atoms with van der Waals surface area (Å²) in [7, 11) is 0. The topological polar surface area (TPSA) is 104 Å². The monoisotopic (exact) mass is 401 g/mol. The summed E-state index contributed by atoms with van der Waals surface area (Å²) < 4.78 is 28.7. The Morgan fingerprint density at radius 2 is 1.83 bits per heavy atom. The fourth-order valence-electron chi connectivity index (χ4n) is 2.93. The molecular weight excluding hydrogens is 384 g/mol. The zero-order valence-corrected chi connectivity index (χ0v) is 15.3. The average molecular weight is 401 g/mol. The van der Waals surface area contributed by atoms with E-state index >= 15 is 0 Å². The van der Waals surface area contributed by atoms with Gasteiger partial charge in [-0.3, -0.25) is 9.59 Å². The first-order valence-corrected chi connectivity index (χ1v) is 8.59. The van der Waals surface area contributed by atoms with E-state index in [1.54, 1.807) is 0 Å². The highest BCUT2D eigenvalue weighted by molar-refractivity contribution is 5.93. The van der Waals surface area contributed by atoms with Gasteiger partial charge in [0, 0.05) is 6.07 Å². The molecule has 7 nitrogen and oxygen atoms in total. The van der Waals surface area contributed by atoms with Crippen molar-refractivity contribution in [1.29, 1.82) is 0 Å². The lowest BCUT2D eigenvalue weighted by Gasteiger charge is -2.19. The third-order valence-electron chi connectivity index (χ3n) is 4.37. The minimum Gasteiger partial charge on any atom is -0.493 e. The summed E-state index contributed by atoms with van der Waals surface area (Å²) in [5, 5.41) is 25.6. The molecule has 1 atom stereocenters. The van der Waals surface area contributed by atoms with E-state index in [1.807, 2.05) is 0 Å². The molecule has 0 radical (unpaired) electrons. The molecule has 1 amide bonds. The van der Waals surface area contributed by atoms with E-state index in [-0.39, 0.29) is 16.9 Å². The van der Waals surface area contributed by atoms with E-state index in [0.717, 1.165) is 10.7 Å². The van der Waals surface area contributed by atoms with Gasteiger partial charge in [0.15, 0.2) is 5.69 Å². The van der Waals surface area contributed by atoms with E-state index in [2.05, 4.69) is 10.4 Å². The molecule has 0 spiro atoms. The number of aromatic nitrogens is 2. The molecular formula is C20H17F2N3O4.